The number of ether oxygens (including phenoxy) is 6. The minimum atomic E-state index is -4.61. The average molecular weight is 502 g/mol. The Morgan fingerprint density at radius 3 is 2.36 bits per heavy atom. The first-order valence-electron chi connectivity index (χ1n) is 10.5. The Morgan fingerprint density at radius 2 is 1.70 bits per heavy atom. The smallest absolute Gasteiger partial charge is 0.338 e. The maximum atomic E-state index is 12.6. The van der Waals surface area contributed by atoms with E-state index in [-0.39, 0.29) is 6.61 Å². The van der Waals surface area contributed by atoms with Gasteiger partial charge in [-0.1, -0.05) is 0 Å². The van der Waals surface area contributed by atoms with Gasteiger partial charge in [0.1, 0.15) is 49.3 Å². The maximum Gasteiger partial charge on any atom is 0.338 e. The van der Waals surface area contributed by atoms with Gasteiger partial charge >= 0.3 is 10.3 Å². The fourth-order valence-corrected chi connectivity index (χ4v) is 5.35. The number of hydrogen-bond acceptors (Lipinski definition) is 13. The van der Waals surface area contributed by atoms with Crippen molar-refractivity contribution in [2.24, 2.45) is 0 Å². The van der Waals surface area contributed by atoms with Crippen molar-refractivity contribution < 1.29 is 61.4 Å². The molecule has 0 amide bonds. The Bertz CT molecular complexity index is 835. The minimum Gasteiger partial charge on any atom is -0.394 e. The number of hydrogen-bond donors (Lipinski definition) is 5. The van der Waals surface area contributed by atoms with Crippen LogP contribution in [0.1, 0.15) is 27.7 Å². The molecule has 14 nitrogen and oxygen atoms in total. The second-order valence-electron chi connectivity index (χ2n) is 9.39. The highest BCUT2D eigenvalue weighted by molar-refractivity contribution is 7.84. The fraction of sp³-hybridized carbons (Fsp3) is 1.00. The fourth-order valence-electron chi connectivity index (χ4n) is 4.48. The van der Waals surface area contributed by atoms with E-state index in [0.717, 1.165) is 0 Å². The van der Waals surface area contributed by atoms with E-state index in [4.69, 9.17) is 32.6 Å². The van der Waals surface area contributed by atoms with Gasteiger partial charge in [-0.3, -0.25) is 4.18 Å². The van der Waals surface area contributed by atoms with Gasteiger partial charge < -0.3 is 48.8 Å². The van der Waals surface area contributed by atoms with Crippen molar-refractivity contribution in [2.45, 2.75) is 94.0 Å². The SMILES string of the molecule is CC1(C)O[C@@H]2[C@@H](CO[C@@]3(COS(=O)(=O)N[C@@H]4OC(CO)[C@H](O)[C@@H](O)C4O)OC(C)(C)O[C@@H]23)O1. The lowest BCUT2D eigenvalue weighted by molar-refractivity contribution is -0.290. The van der Waals surface area contributed by atoms with E-state index in [1.807, 2.05) is 4.72 Å². The molecule has 192 valence electrons. The van der Waals surface area contributed by atoms with E-state index in [2.05, 4.69) is 0 Å². The number of nitrogens with one attached hydrogen (secondary N) is 1. The van der Waals surface area contributed by atoms with Crippen molar-refractivity contribution in [3.05, 3.63) is 0 Å². The molecule has 4 heterocycles. The Kier molecular flexibility index (Phi) is 6.62. The molecule has 0 radical (unpaired) electrons. The van der Waals surface area contributed by atoms with Gasteiger partial charge in [0, 0.05) is 0 Å². The van der Waals surface area contributed by atoms with Crippen LogP contribution in [0.2, 0.25) is 0 Å². The van der Waals surface area contributed by atoms with Gasteiger partial charge in [-0.25, -0.2) is 0 Å². The molecule has 15 heteroatoms. The Hall–Kier alpha value is -0.530. The first-order valence-corrected chi connectivity index (χ1v) is 11.9. The van der Waals surface area contributed by atoms with E-state index in [0.29, 0.717) is 0 Å². The molecular formula is C18H31NO13S. The third-order valence-electron chi connectivity index (χ3n) is 5.84. The Balaban J connectivity index is 1.47. The van der Waals surface area contributed by atoms with Gasteiger partial charge in [0.25, 0.3) is 0 Å². The van der Waals surface area contributed by atoms with Gasteiger partial charge in [0.2, 0.25) is 5.79 Å². The van der Waals surface area contributed by atoms with E-state index in [9.17, 15) is 28.8 Å². The number of aliphatic hydroxyl groups excluding tert-OH is 4. The summed E-state index contributed by atoms with van der Waals surface area (Å²) in [6.07, 6.45) is -10.2. The Labute approximate surface area is 190 Å². The first-order chi connectivity index (χ1) is 15.2. The third kappa shape index (κ3) is 4.93. The van der Waals surface area contributed by atoms with Crippen molar-refractivity contribution in [1.29, 1.82) is 0 Å². The maximum absolute atomic E-state index is 12.6. The van der Waals surface area contributed by atoms with Gasteiger partial charge in [0.15, 0.2) is 17.8 Å². The lowest BCUT2D eigenvalue weighted by atomic mass is 9.98. The highest BCUT2D eigenvalue weighted by atomic mass is 32.2. The topological polar surface area (TPSA) is 192 Å². The molecule has 2 unspecified atom stereocenters. The van der Waals surface area contributed by atoms with Crippen LogP contribution in [0, 0.1) is 0 Å². The molecule has 4 rings (SSSR count). The summed E-state index contributed by atoms with van der Waals surface area (Å²) < 4.78 is 66.9. The summed E-state index contributed by atoms with van der Waals surface area (Å²) in [5, 5.41) is 39.0. The summed E-state index contributed by atoms with van der Waals surface area (Å²) in [6.45, 7) is 5.41. The van der Waals surface area contributed by atoms with Crippen molar-refractivity contribution >= 4 is 10.3 Å². The molecule has 33 heavy (non-hydrogen) atoms. The highest BCUT2D eigenvalue weighted by Gasteiger charge is 2.66. The van der Waals surface area contributed by atoms with E-state index < -0.39 is 89.8 Å². The minimum absolute atomic E-state index is 0.0353. The molecule has 0 spiro atoms. The van der Waals surface area contributed by atoms with Crippen LogP contribution in [-0.2, 0) is 42.9 Å². The lowest BCUT2D eigenvalue weighted by Gasteiger charge is -2.41. The molecule has 0 bridgehead atoms. The normalized spacial score (nSPS) is 46.7. The zero-order valence-corrected chi connectivity index (χ0v) is 19.4. The second-order valence-corrected chi connectivity index (χ2v) is 10.8. The van der Waals surface area contributed by atoms with Gasteiger partial charge in [-0.15, -0.1) is 0 Å². The lowest BCUT2D eigenvalue weighted by Crippen LogP contribution is -2.64. The quantitative estimate of drug-likeness (QED) is 0.248. The van der Waals surface area contributed by atoms with Crippen LogP contribution < -0.4 is 4.72 Å². The standard InChI is InChI=1S/C18H31NO13S/c1-16(2)29-9-6-26-18(14(13(9)30-16)31-17(3,4)32-18)7-27-33(24,25)19-15-12(23)11(22)10(21)8(5-20)28-15/h8-15,19-23H,5-7H2,1-4H3/t8?,9-,10+,11-,12?,13-,14+,15-,18+/m1/s1. The number of fused-ring (bicyclic) bond motifs is 3. The van der Waals surface area contributed by atoms with Crippen LogP contribution >= 0.6 is 0 Å². The van der Waals surface area contributed by atoms with E-state index in [1.54, 1.807) is 27.7 Å². The summed E-state index contributed by atoms with van der Waals surface area (Å²) in [5.74, 6) is -3.69. The molecule has 5 N–H and O–H groups in total. The monoisotopic (exact) mass is 501 g/mol. The zero-order valence-electron chi connectivity index (χ0n) is 18.6. The Morgan fingerprint density at radius 1 is 1.00 bits per heavy atom. The molecule has 0 aromatic rings. The molecule has 0 saturated carbocycles. The van der Waals surface area contributed by atoms with Crippen molar-refractivity contribution in [2.75, 3.05) is 19.8 Å². The molecular weight excluding hydrogens is 470 g/mol. The molecule has 0 aromatic heterocycles. The van der Waals surface area contributed by atoms with Gasteiger partial charge in [0.05, 0.1) is 13.2 Å². The predicted octanol–water partition coefficient (Wildman–Crippen LogP) is -2.96. The molecule has 9 atom stereocenters. The first kappa shape index (κ1) is 25.6. The van der Waals surface area contributed by atoms with Crippen molar-refractivity contribution in [1.82, 2.24) is 4.72 Å². The van der Waals surface area contributed by atoms with Crippen molar-refractivity contribution in [3.63, 3.8) is 0 Å². The number of aliphatic hydroxyl groups is 4. The molecule has 4 aliphatic rings. The van der Waals surface area contributed by atoms with Crippen LogP contribution in [0.15, 0.2) is 0 Å². The average Bonchev–Trinajstić information content (AvgIpc) is 3.18. The molecule has 4 saturated heterocycles. The largest absolute Gasteiger partial charge is 0.394 e. The summed E-state index contributed by atoms with van der Waals surface area (Å²) in [7, 11) is -4.61. The highest BCUT2D eigenvalue weighted by Crippen LogP contribution is 2.47. The second kappa shape index (κ2) is 8.55. The molecule has 4 fully saturated rings. The van der Waals surface area contributed by atoms with Crippen LogP contribution in [0.25, 0.3) is 0 Å². The van der Waals surface area contributed by atoms with Crippen LogP contribution in [0.3, 0.4) is 0 Å². The van der Waals surface area contributed by atoms with E-state index >= 15 is 0 Å². The van der Waals surface area contributed by atoms with Crippen LogP contribution in [0.4, 0.5) is 0 Å². The zero-order chi connectivity index (χ0) is 24.4. The number of rotatable bonds is 6. The molecule has 0 aromatic carbocycles. The summed E-state index contributed by atoms with van der Waals surface area (Å²) >= 11 is 0. The van der Waals surface area contributed by atoms with Crippen LogP contribution in [0.5, 0.6) is 0 Å². The van der Waals surface area contributed by atoms with Crippen molar-refractivity contribution in [3.8, 4) is 0 Å². The summed E-state index contributed by atoms with van der Waals surface area (Å²) in [5.41, 5.74) is 0. The third-order valence-corrected chi connectivity index (χ3v) is 6.79. The van der Waals surface area contributed by atoms with Gasteiger partial charge in [-0.05, 0) is 27.7 Å². The van der Waals surface area contributed by atoms with Crippen LogP contribution in [-0.4, -0.2) is 115 Å². The summed E-state index contributed by atoms with van der Waals surface area (Å²) in [4.78, 5) is 0. The predicted molar refractivity (Wildman–Crippen MR) is 104 cm³/mol. The molecule has 4 aliphatic heterocycles. The molecule has 0 aliphatic carbocycles. The summed E-state index contributed by atoms with van der Waals surface area (Å²) in [6, 6.07) is 0. The van der Waals surface area contributed by atoms with Gasteiger partial charge in [-0.2, -0.15) is 13.1 Å². The van der Waals surface area contributed by atoms with E-state index in [1.165, 1.54) is 0 Å².